The second-order valence-corrected chi connectivity index (χ2v) is 9.79. The van der Waals surface area contributed by atoms with Gasteiger partial charge in [0.15, 0.2) is 11.0 Å². The third kappa shape index (κ3) is 2.99. The van der Waals surface area contributed by atoms with Crippen molar-refractivity contribution >= 4 is 40.1 Å². The van der Waals surface area contributed by atoms with E-state index in [9.17, 15) is 14.4 Å². The molecule has 1 atom stereocenters. The number of rotatable bonds is 4. The van der Waals surface area contributed by atoms with Gasteiger partial charge in [0.1, 0.15) is 11.3 Å². The van der Waals surface area contributed by atoms with E-state index in [0.717, 1.165) is 5.56 Å². The molecule has 0 bridgehead atoms. The number of halogens is 1. The van der Waals surface area contributed by atoms with E-state index in [-0.39, 0.29) is 35.4 Å². The van der Waals surface area contributed by atoms with Gasteiger partial charge in [0.05, 0.1) is 36.0 Å². The monoisotopic (exact) mass is 522 g/mol. The minimum Gasteiger partial charge on any atom is -0.467 e. The predicted molar refractivity (Wildman–Crippen MR) is 141 cm³/mol. The van der Waals surface area contributed by atoms with Gasteiger partial charge in [-0.25, -0.2) is 0 Å². The second-order valence-electron chi connectivity index (χ2n) is 9.35. The molecule has 0 saturated heterocycles. The number of para-hydroxylation sites is 1. The van der Waals surface area contributed by atoms with E-state index in [4.69, 9.17) is 20.4 Å². The molecule has 3 aromatic carbocycles. The summed E-state index contributed by atoms with van der Waals surface area (Å²) in [6.45, 7) is 0.229. The van der Waals surface area contributed by atoms with Crippen LogP contribution in [0.4, 0.5) is 5.69 Å². The lowest BCUT2D eigenvalue weighted by molar-refractivity contribution is -0.126. The molecule has 0 N–H and O–H groups in total. The van der Waals surface area contributed by atoms with E-state index < -0.39 is 22.8 Å². The Hall–Kier alpha value is -4.62. The summed E-state index contributed by atoms with van der Waals surface area (Å²) in [4.78, 5) is 45.9. The lowest BCUT2D eigenvalue weighted by Crippen LogP contribution is -2.52. The summed E-state index contributed by atoms with van der Waals surface area (Å²) in [7, 11) is 0. The Labute approximate surface area is 221 Å². The highest BCUT2D eigenvalue weighted by atomic mass is 35.5. The van der Waals surface area contributed by atoms with Crippen LogP contribution in [0.1, 0.15) is 33.0 Å². The van der Waals surface area contributed by atoms with Crippen LogP contribution in [-0.2, 0) is 23.4 Å². The number of fused-ring (bicyclic) bond motifs is 5. The topological polar surface area (TPSA) is 84.0 Å². The summed E-state index contributed by atoms with van der Waals surface area (Å²) in [5.41, 5.74) is 0.0845. The van der Waals surface area contributed by atoms with Gasteiger partial charge in [0.25, 0.3) is 11.8 Å². The Bertz CT molecular complexity index is 1810. The van der Waals surface area contributed by atoms with E-state index in [2.05, 4.69) is 0 Å². The van der Waals surface area contributed by atoms with Crippen LogP contribution in [0.2, 0.25) is 5.02 Å². The number of furan rings is 1. The van der Waals surface area contributed by atoms with E-state index in [1.54, 1.807) is 41.3 Å². The summed E-state index contributed by atoms with van der Waals surface area (Å²) in [5.74, 6) is -0.650. The summed E-state index contributed by atoms with van der Waals surface area (Å²) in [6, 6.07) is 24.9. The largest absolute Gasteiger partial charge is 0.467 e. The van der Waals surface area contributed by atoms with Crippen molar-refractivity contribution in [3.05, 3.63) is 135 Å². The molecule has 2 aliphatic heterocycles. The van der Waals surface area contributed by atoms with E-state index >= 15 is 0 Å². The van der Waals surface area contributed by atoms with Gasteiger partial charge in [-0.05, 0) is 42.0 Å². The molecule has 186 valence electrons. The molecule has 5 aromatic rings. The molecule has 0 aliphatic carbocycles. The molecule has 8 heteroatoms. The second kappa shape index (κ2) is 8.19. The number of nitrogens with zero attached hydrogens (tertiary/aromatic N) is 2. The molecule has 0 radical (unpaired) electrons. The first-order valence-corrected chi connectivity index (χ1v) is 12.4. The molecule has 0 fully saturated rings. The van der Waals surface area contributed by atoms with Gasteiger partial charge < -0.3 is 18.6 Å². The Morgan fingerprint density at radius 3 is 2.42 bits per heavy atom. The number of amides is 2. The highest BCUT2D eigenvalue weighted by Gasteiger charge is 2.65. The maximum absolute atomic E-state index is 14.7. The van der Waals surface area contributed by atoms with Gasteiger partial charge in [0.2, 0.25) is 5.76 Å². The summed E-state index contributed by atoms with van der Waals surface area (Å²) < 4.78 is 11.6. The SMILES string of the molecule is O=C1c2oc3ccc(Cl)cc3c(=O)c2C2(C(=O)N(Cc3ccccc3)c3ccccc32)N1Cc1ccco1. The Kier molecular flexibility index (Phi) is 4.87. The first-order chi connectivity index (χ1) is 18.5. The maximum Gasteiger partial charge on any atom is 0.291 e. The van der Waals surface area contributed by atoms with Crippen LogP contribution in [0.3, 0.4) is 0 Å². The van der Waals surface area contributed by atoms with E-state index in [0.29, 0.717) is 22.0 Å². The fourth-order valence-corrected chi connectivity index (χ4v) is 5.84. The predicted octanol–water partition coefficient (Wildman–Crippen LogP) is 5.49. The molecule has 1 spiro atoms. The minimum atomic E-state index is -1.73. The number of hydrogen-bond acceptors (Lipinski definition) is 5. The third-order valence-electron chi connectivity index (χ3n) is 7.28. The molecule has 2 aliphatic rings. The fraction of sp³-hybridized carbons (Fsp3) is 0.100. The summed E-state index contributed by atoms with van der Waals surface area (Å²) in [5, 5.41) is 0.550. The normalized spacial score (nSPS) is 18.0. The Balaban J connectivity index is 1.54. The number of benzene rings is 3. The van der Waals surface area contributed by atoms with Crippen molar-refractivity contribution in [2.45, 2.75) is 18.6 Å². The number of carbonyl (C=O) groups is 2. The smallest absolute Gasteiger partial charge is 0.291 e. The zero-order valence-corrected chi connectivity index (χ0v) is 20.6. The number of anilines is 1. The lowest BCUT2D eigenvalue weighted by atomic mass is 9.84. The van der Waals surface area contributed by atoms with E-state index in [1.165, 1.54) is 17.2 Å². The van der Waals surface area contributed by atoms with Gasteiger partial charge in [-0.2, -0.15) is 0 Å². The molecule has 2 amide bonds. The van der Waals surface area contributed by atoms with Crippen molar-refractivity contribution in [2.75, 3.05) is 4.90 Å². The van der Waals surface area contributed by atoms with Crippen LogP contribution in [0, 0.1) is 0 Å². The van der Waals surface area contributed by atoms with Crippen molar-refractivity contribution in [3.63, 3.8) is 0 Å². The Morgan fingerprint density at radius 1 is 0.842 bits per heavy atom. The minimum absolute atomic E-state index is 0.00293. The molecular formula is C30H19ClN2O5. The van der Waals surface area contributed by atoms with Crippen LogP contribution in [0.15, 0.2) is 105 Å². The molecule has 38 heavy (non-hydrogen) atoms. The molecule has 0 saturated carbocycles. The van der Waals surface area contributed by atoms with Gasteiger partial charge in [-0.1, -0.05) is 60.1 Å². The van der Waals surface area contributed by atoms with Gasteiger partial charge in [0, 0.05) is 10.6 Å². The molecule has 4 heterocycles. The molecule has 7 rings (SSSR count). The fourth-order valence-electron chi connectivity index (χ4n) is 5.67. The third-order valence-corrected chi connectivity index (χ3v) is 7.51. The van der Waals surface area contributed by atoms with Crippen LogP contribution in [-0.4, -0.2) is 16.7 Å². The summed E-state index contributed by atoms with van der Waals surface area (Å²) in [6.07, 6.45) is 1.50. The highest BCUT2D eigenvalue weighted by molar-refractivity contribution is 6.31. The molecule has 7 nitrogen and oxygen atoms in total. The number of hydrogen-bond donors (Lipinski definition) is 0. The van der Waals surface area contributed by atoms with Crippen LogP contribution >= 0.6 is 11.6 Å². The van der Waals surface area contributed by atoms with Crippen molar-refractivity contribution in [2.24, 2.45) is 0 Å². The standard InChI is InChI=1S/C30H19ClN2O5/c31-19-12-13-24-21(15-19)26(34)25-27(38-24)28(35)33(17-20-9-6-14-37-20)30(25)22-10-4-5-11-23(22)32(29(30)36)16-18-7-2-1-3-8-18/h1-15H,16-17H2. The molecule has 2 aromatic heterocycles. The average Bonchev–Trinajstić information content (AvgIpc) is 3.60. The van der Waals surface area contributed by atoms with Crippen LogP contribution < -0.4 is 10.3 Å². The quantitative estimate of drug-likeness (QED) is 0.312. The van der Waals surface area contributed by atoms with Crippen molar-refractivity contribution in [1.82, 2.24) is 4.90 Å². The zero-order chi connectivity index (χ0) is 26.0. The summed E-state index contributed by atoms with van der Waals surface area (Å²) >= 11 is 6.22. The van der Waals surface area contributed by atoms with Gasteiger partial charge in [-0.3, -0.25) is 14.4 Å². The Morgan fingerprint density at radius 2 is 1.63 bits per heavy atom. The van der Waals surface area contributed by atoms with Crippen molar-refractivity contribution in [1.29, 1.82) is 0 Å². The van der Waals surface area contributed by atoms with E-state index in [1.807, 2.05) is 42.5 Å². The van der Waals surface area contributed by atoms with Crippen LogP contribution in [0.25, 0.3) is 11.0 Å². The maximum atomic E-state index is 14.7. The number of carbonyl (C=O) groups excluding carboxylic acids is 2. The average molecular weight is 523 g/mol. The van der Waals surface area contributed by atoms with Gasteiger partial charge >= 0.3 is 0 Å². The first-order valence-electron chi connectivity index (χ1n) is 12.1. The molecular weight excluding hydrogens is 504 g/mol. The van der Waals surface area contributed by atoms with Gasteiger partial charge in [-0.15, -0.1) is 0 Å². The zero-order valence-electron chi connectivity index (χ0n) is 19.9. The first kappa shape index (κ1) is 22.6. The molecule has 1 unspecified atom stereocenters. The van der Waals surface area contributed by atoms with Crippen LogP contribution in [0.5, 0.6) is 0 Å². The highest BCUT2D eigenvalue weighted by Crippen LogP contribution is 2.53. The van der Waals surface area contributed by atoms with Crippen molar-refractivity contribution in [3.8, 4) is 0 Å². The van der Waals surface area contributed by atoms with Crippen molar-refractivity contribution < 1.29 is 18.4 Å². The lowest BCUT2D eigenvalue weighted by Gasteiger charge is -2.33.